The lowest BCUT2D eigenvalue weighted by Crippen LogP contribution is -2.29. The lowest BCUT2D eigenvalue weighted by molar-refractivity contribution is -0.129. The molecule has 1 amide bonds. The Morgan fingerprint density at radius 2 is 1.79 bits per heavy atom. The summed E-state index contributed by atoms with van der Waals surface area (Å²) in [5.74, 6) is 1.52. The maximum Gasteiger partial charge on any atom is 0.251 e. The van der Waals surface area contributed by atoms with Crippen LogP contribution in [0.15, 0.2) is 53.3 Å². The van der Waals surface area contributed by atoms with Gasteiger partial charge in [0.2, 0.25) is 5.91 Å². The number of benzene rings is 2. The van der Waals surface area contributed by atoms with E-state index in [0.717, 1.165) is 22.2 Å². The average molecular weight is 394 g/mol. The number of H-pyrrole nitrogens is 1. The van der Waals surface area contributed by atoms with Crippen LogP contribution in [0.5, 0.6) is 11.5 Å². The van der Waals surface area contributed by atoms with Crippen LogP contribution in [0.1, 0.15) is 17.5 Å². The second-order valence-electron chi connectivity index (χ2n) is 6.95. The molecule has 0 unspecified atom stereocenters. The van der Waals surface area contributed by atoms with E-state index in [2.05, 4.69) is 4.98 Å². The standard InChI is InChI=1S/C23H26N2O4/c1-25(13-12-16-6-4-5-7-21(16)29-3)22(26)11-9-18-14-17-8-10-19(28-2)15-20(17)24-23(18)27/h4-8,10,14-15H,9,11-13H2,1-3H3,(H,24,27). The summed E-state index contributed by atoms with van der Waals surface area (Å²) in [6.07, 6.45) is 1.40. The predicted molar refractivity (Wildman–Crippen MR) is 114 cm³/mol. The maximum atomic E-state index is 12.5. The molecule has 0 atom stereocenters. The smallest absolute Gasteiger partial charge is 0.251 e. The number of fused-ring (bicyclic) bond motifs is 1. The van der Waals surface area contributed by atoms with Crippen molar-refractivity contribution in [3.8, 4) is 11.5 Å². The molecule has 3 aromatic rings. The molecule has 0 aliphatic carbocycles. The fourth-order valence-corrected chi connectivity index (χ4v) is 3.29. The number of methoxy groups -OCH3 is 2. The third-order valence-corrected chi connectivity index (χ3v) is 5.07. The van der Waals surface area contributed by atoms with Crippen LogP contribution >= 0.6 is 0 Å². The van der Waals surface area contributed by atoms with E-state index in [1.54, 1.807) is 32.2 Å². The van der Waals surface area contributed by atoms with Crippen molar-refractivity contribution >= 4 is 16.8 Å². The number of rotatable bonds is 8. The number of carbonyl (C=O) groups is 1. The number of aryl methyl sites for hydroxylation is 1. The number of nitrogens with zero attached hydrogens (tertiary/aromatic N) is 1. The molecule has 1 aromatic heterocycles. The lowest BCUT2D eigenvalue weighted by atomic mass is 10.1. The quantitative estimate of drug-likeness (QED) is 0.637. The molecule has 152 valence electrons. The number of carbonyl (C=O) groups excluding carboxylic acids is 1. The largest absolute Gasteiger partial charge is 0.497 e. The molecule has 0 aliphatic heterocycles. The number of para-hydroxylation sites is 1. The minimum absolute atomic E-state index is 0.00845. The molecule has 0 aliphatic rings. The summed E-state index contributed by atoms with van der Waals surface area (Å²) in [6, 6.07) is 15.2. The Kier molecular flexibility index (Phi) is 6.54. The number of amides is 1. The van der Waals surface area contributed by atoms with Crippen LogP contribution in [0, 0.1) is 0 Å². The van der Waals surface area contributed by atoms with E-state index in [-0.39, 0.29) is 17.9 Å². The van der Waals surface area contributed by atoms with E-state index in [9.17, 15) is 9.59 Å². The monoisotopic (exact) mass is 394 g/mol. The number of aromatic nitrogens is 1. The van der Waals surface area contributed by atoms with Crippen LogP contribution in [0.25, 0.3) is 10.9 Å². The molecule has 0 bridgehead atoms. The van der Waals surface area contributed by atoms with Gasteiger partial charge in [-0.1, -0.05) is 18.2 Å². The summed E-state index contributed by atoms with van der Waals surface area (Å²) in [4.78, 5) is 29.4. The van der Waals surface area contributed by atoms with Crippen LogP contribution in [0.2, 0.25) is 0 Å². The van der Waals surface area contributed by atoms with E-state index >= 15 is 0 Å². The van der Waals surface area contributed by atoms with Crippen molar-refractivity contribution < 1.29 is 14.3 Å². The number of hydrogen-bond donors (Lipinski definition) is 1. The average Bonchev–Trinajstić information content (AvgIpc) is 2.75. The Morgan fingerprint density at radius 3 is 2.55 bits per heavy atom. The van der Waals surface area contributed by atoms with Crippen LogP contribution in [-0.4, -0.2) is 43.6 Å². The zero-order valence-electron chi connectivity index (χ0n) is 17.0. The Bertz CT molecular complexity index is 1060. The topological polar surface area (TPSA) is 71.6 Å². The van der Waals surface area contributed by atoms with Crippen molar-refractivity contribution in [1.82, 2.24) is 9.88 Å². The molecular weight excluding hydrogens is 368 g/mol. The SMILES string of the molecule is COc1ccc2cc(CCC(=O)N(C)CCc3ccccc3OC)c(=O)[nH]c2c1. The Labute approximate surface area is 170 Å². The van der Waals surface area contributed by atoms with Gasteiger partial charge < -0.3 is 19.4 Å². The summed E-state index contributed by atoms with van der Waals surface area (Å²) in [5, 5.41) is 0.914. The number of nitrogens with one attached hydrogen (secondary N) is 1. The van der Waals surface area contributed by atoms with E-state index in [0.29, 0.717) is 30.7 Å². The molecule has 6 heteroatoms. The van der Waals surface area contributed by atoms with Gasteiger partial charge in [0.25, 0.3) is 5.56 Å². The summed E-state index contributed by atoms with van der Waals surface area (Å²) in [5.41, 5.74) is 2.22. The molecule has 0 saturated heterocycles. The van der Waals surface area contributed by atoms with Gasteiger partial charge in [-0.3, -0.25) is 9.59 Å². The first kappa shape index (κ1) is 20.5. The molecular formula is C23H26N2O4. The van der Waals surface area contributed by atoms with E-state index in [1.165, 1.54) is 0 Å². The Hall–Kier alpha value is -3.28. The van der Waals surface area contributed by atoms with Gasteiger partial charge >= 0.3 is 0 Å². The van der Waals surface area contributed by atoms with Gasteiger partial charge in [0, 0.05) is 31.6 Å². The number of pyridine rings is 1. The highest BCUT2D eigenvalue weighted by molar-refractivity contribution is 5.81. The minimum atomic E-state index is -0.171. The highest BCUT2D eigenvalue weighted by Gasteiger charge is 2.12. The van der Waals surface area contributed by atoms with Gasteiger partial charge in [-0.05, 0) is 48.1 Å². The zero-order valence-corrected chi connectivity index (χ0v) is 17.0. The van der Waals surface area contributed by atoms with Crippen LogP contribution in [0.4, 0.5) is 0 Å². The van der Waals surface area contributed by atoms with Gasteiger partial charge in [-0.25, -0.2) is 0 Å². The second kappa shape index (κ2) is 9.28. The number of hydrogen-bond acceptors (Lipinski definition) is 4. The van der Waals surface area contributed by atoms with Crippen molar-refractivity contribution in [2.24, 2.45) is 0 Å². The van der Waals surface area contributed by atoms with Gasteiger partial charge in [-0.15, -0.1) is 0 Å². The Morgan fingerprint density at radius 1 is 1.00 bits per heavy atom. The van der Waals surface area contributed by atoms with Gasteiger partial charge in [0.05, 0.1) is 19.7 Å². The van der Waals surface area contributed by atoms with E-state index in [1.807, 2.05) is 42.5 Å². The molecule has 0 spiro atoms. The molecule has 6 nitrogen and oxygen atoms in total. The van der Waals surface area contributed by atoms with Gasteiger partial charge in [-0.2, -0.15) is 0 Å². The summed E-state index contributed by atoms with van der Waals surface area (Å²) in [7, 11) is 5.02. The Balaban J connectivity index is 1.61. The molecule has 2 aromatic carbocycles. The highest BCUT2D eigenvalue weighted by Crippen LogP contribution is 2.19. The van der Waals surface area contributed by atoms with Crippen molar-refractivity contribution in [2.75, 3.05) is 27.8 Å². The minimum Gasteiger partial charge on any atom is -0.497 e. The summed E-state index contributed by atoms with van der Waals surface area (Å²) >= 11 is 0. The number of ether oxygens (including phenoxy) is 2. The second-order valence-corrected chi connectivity index (χ2v) is 6.95. The molecule has 1 N–H and O–H groups in total. The first-order chi connectivity index (χ1) is 14.0. The molecule has 29 heavy (non-hydrogen) atoms. The first-order valence-corrected chi connectivity index (χ1v) is 9.57. The van der Waals surface area contributed by atoms with E-state index in [4.69, 9.17) is 9.47 Å². The summed E-state index contributed by atoms with van der Waals surface area (Å²) in [6.45, 7) is 0.590. The zero-order chi connectivity index (χ0) is 20.8. The fourth-order valence-electron chi connectivity index (χ4n) is 3.29. The molecule has 0 saturated carbocycles. The number of likely N-dealkylation sites (N-methyl/N-ethyl adjacent to an activating group) is 1. The van der Waals surface area contributed by atoms with Crippen molar-refractivity contribution in [1.29, 1.82) is 0 Å². The first-order valence-electron chi connectivity index (χ1n) is 9.57. The van der Waals surface area contributed by atoms with E-state index < -0.39 is 0 Å². The lowest BCUT2D eigenvalue weighted by Gasteiger charge is -2.18. The van der Waals surface area contributed by atoms with Gasteiger partial charge in [0.1, 0.15) is 11.5 Å². The normalized spacial score (nSPS) is 10.7. The van der Waals surface area contributed by atoms with Gasteiger partial charge in [0.15, 0.2) is 0 Å². The third-order valence-electron chi connectivity index (χ3n) is 5.07. The highest BCUT2D eigenvalue weighted by atomic mass is 16.5. The summed E-state index contributed by atoms with van der Waals surface area (Å²) < 4.78 is 10.5. The van der Waals surface area contributed by atoms with Crippen LogP contribution < -0.4 is 15.0 Å². The van der Waals surface area contributed by atoms with Crippen LogP contribution in [0.3, 0.4) is 0 Å². The van der Waals surface area contributed by atoms with Crippen LogP contribution in [-0.2, 0) is 17.6 Å². The fraction of sp³-hybridized carbons (Fsp3) is 0.304. The molecule has 0 radical (unpaired) electrons. The third kappa shape index (κ3) is 4.96. The molecule has 1 heterocycles. The maximum absolute atomic E-state index is 12.5. The van der Waals surface area contributed by atoms with Crippen molar-refractivity contribution in [3.63, 3.8) is 0 Å². The molecule has 3 rings (SSSR count). The molecule has 0 fully saturated rings. The van der Waals surface area contributed by atoms with Crippen molar-refractivity contribution in [3.05, 3.63) is 70.0 Å². The number of aromatic amines is 1. The van der Waals surface area contributed by atoms with Crippen molar-refractivity contribution in [2.45, 2.75) is 19.3 Å². The predicted octanol–water partition coefficient (Wildman–Crippen LogP) is 3.18.